The molecule has 4 heteroatoms. The number of methoxy groups -OCH3 is 1. The number of nitrogens with one attached hydrogen (secondary N) is 2. The number of hydrogen-bond donors (Lipinski definition) is 2. The number of rotatable bonds is 8. The van der Waals surface area contributed by atoms with E-state index in [-0.39, 0.29) is 0 Å². The van der Waals surface area contributed by atoms with Crippen molar-refractivity contribution in [1.29, 1.82) is 0 Å². The number of halogens is 1. The molecule has 0 unspecified atom stereocenters. The largest absolute Gasteiger partial charge is 0.383 e. The maximum absolute atomic E-state index is 4.94. The third-order valence-electron chi connectivity index (χ3n) is 2.20. The Labute approximate surface area is 106 Å². The van der Waals surface area contributed by atoms with Gasteiger partial charge >= 0.3 is 0 Å². The molecule has 0 fully saturated rings. The van der Waals surface area contributed by atoms with E-state index >= 15 is 0 Å². The maximum Gasteiger partial charge on any atom is 0.0587 e. The van der Waals surface area contributed by atoms with Crippen molar-refractivity contribution in [2.24, 2.45) is 0 Å². The minimum atomic E-state index is 0.771. The van der Waals surface area contributed by atoms with Crippen molar-refractivity contribution in [3.8, 4) is 0 Å². The average molecular weight is 287 g/mol. The van der Waals surface area contributed by atoms with Gasteiger partial charge in [-0.1, -0.05) is 28.1 Å². The van der Waals surface area contributed by atoms with Gasteiger partial charge < -0.3 is 15.4 Å². The van der Waals surface area contributed by atoms with Gasteiger partial charge in [0, 0.05) is 37.8 Å². The molecule has 1 rings (SSSR count). The van der Waals surface area contributed by atoms with Crippen LogP contribution in [0.2, 0.25) is 0 Å². The van der Waals surface area contributed by atoms with E-state index in [0.29, 0.717) is 0 Å². The van der Waals surface area contributed by atoms with Gasteiger partial charge in [0.25, 0.3) is 0 Å². The van der Waals surface area contributed by atoms with Crippen LogP contribution >= 0.6 is 15.9 Å². The Balaban J connectivity index is 2.01. The molecule has 0 saturated heterocycles. The summed E-state index contributed by atoms with van der Waals surface area (Å²) < 4.78 is 6.06. The summed E-state index contributed by atoms with van der Waals surface area (Å²) in [5.74, 6) is 0. The summed E-state index contributed by atoms with van der Waals surface area (Å²) in [6.07, 6.45) is 0. The lowest BCUT2D eigenvalue weighted by molar-refractivity contribution is 0.199. The standard InChI is InChI=1S/C12H19BrN2O/c1-16-9-8-14-6-7-15-10-11-2-4-12(13)5-3-11/h2-5,14-15H,6-10H2,1H3. The Morgan fingerprint density at radius 3 is 2.44 bits per heavy atom. The monoisotopic (exact) mass is 286 g/mol. The van der Waals surface area contributed by atoms with E-state index in [1.165, 1.54) is 5.56 Å². The van der Waals surface area contributed by atoms with Crippen LogP contribution in [0.15, 0.2) is 28.7 Å². The molecule has 0 aliphatic rings. The highest BCUT2D eigenvalue weighted by Crippen LogP contribution is 2.09. The molecule has 0 aromatic heterocycles. The maximum atomic E-state index is 4.94. The number of benzene rings is 1. The molecule has 0 amide bonds. The molecule has 0 radical (unpaired) electrons. The normalized spacial score (nSPS) is 10.6. The predicted molar refractivity (Wildman–Crippen MR) is 70.6 cm³/mol. The zero-order chi connectivity index (χ0) is 11.6. The van der Waals surface area contributed by atoms with E-state index in [1.54, 1.807) is 7.11 Å². The van der Waals surface area contributed by atoms with E-state index in [9.17, 15) is 0 Å². The molecule has 0 spiro atoms. The first-order chi connectivity index (χ1) is 7.83. The van der Waals surface area contributed by atoms with Gasteiger partial charge in [0.05, 0.1) is 6.61 Å². The minimum Gasteiger partial charge on any atom is -0.383 e. The second kappa shape index (κ2) is 8.70. The first-order valence-corrected chi connectivity index (χ1v) is 6.27. The number of ether oxygens (including phenoxy) is 1. The highest BCUT2D eigenvalue weighted by atomic mass is 79.9. The van der Waals surface area contributed by atoms with Gasteiger partial charge in [0.2, 0.25) is 0 Å². The van der Waals surface area contributed by atoms with Crippen LogP contribution in [-0.2, 0) is 11.3 Å². The lowest BCUT2D eigenvalue weighted by atomic mass is 10.2. The summed E-state index contributed by atoms with van der Waals surface area (Å²) in [6.45, 7) is 4.54. The van der Waals surface area contributed by atoms with E-state index in [2.05, 4.69) is 50.8 Å². The van der Waals surface area contributed by atoms with Crippen molar-refractivity contribution in [3.63, 3.8) is 0 Å². The molecule has 3 nitrogen and oxygen atoms in total. The van der Waals surface area contributed by atoms with Gasteiger partial charge in [-0.25, -0.2) is 0 Å². The third-order valence-corrected chi connectivity index (χ3v) is 2.73. The van der Waals surface area contributed by atoms with E-state index < -0.39 is 0 Å². The second-order valence-corrected chi connectivity index (χ2v) is 4.46. The van der Waals surface area contributed by atoms with Crippen LogP contribution in [0.3, 0.4) is 0 Å². The quantitative estimate of drug-likeness (QED) is 0.715. The zero-order valence-corrected chi connectivity index (χ0v) is 11.2. The van der Waals surface area contributed by atoms with E-state index in [0.717, 1.165) is 37.3 Å². The van der Waals surface area contributed by atoms with Gasteiger partial charge in [-0.05, 0) is 17.7 Å². The molecule has 0 bridgehead atoms. The molecule has 16 heavy (non-hydrogen) atoms. The summed E-state index contributed by atoms with van der Waals surface area (Å²) in [5.41, 5.74) is 1.31. The summed E-state index contributed by atoms with van der Waals surface area (Å²) in [5, 5.41) is 6.67. The minimum absolute atomic E-state index is 0.771. The van der Waals surface area contributed by atoms with Crippen LogP contribution in [0.5, 0.6) is 0 Å². The molecule has 0 saturated carbocycles. The summed E-state index contributed by atoms with van der Waals surface area (Å²) in [7, 11) is 1.72. The second-order valence-electron chi connectivity index (χ2n) is 3.55. The van der Waals surface area contributed by atoms with E-state index in [1.807, 2.05) is 0 Å². The van der Waals surface area contributed by atoms with E-state index in [4.69, 9.17) is 4.74 Å². The fourth-order valence-electron chi connectivity index (χ4n) is 1.31. The summed E-state index contributed by atoms with van der Waals surface area (Å²) in [6, 6.07) is 8.37. The average Bonchev–Trinajstić information content (AvgIpc) is 2.30. The first-order valence-electron chi connectivity index (χ1n) is 5.48. The summed E-state index contributed by atoms with van der Waals surface area (Å²) in [4.78, 5) is 0. The van der Waals surface area contributed by atoms with Crippen LogP contribution in [0.25, 0.3) is 0 Å². The van der Waals surface area contributed by atoms with Crippen molar-refractivity contribution in [2.45, 2.75) is 6.54 Å². The molecule has 90 valence electrons. The molecular weight excluding hydrogens is 268 g/mol. The lowest BCUT2D eigenvalue weighted by Crippen LogP contribution is -2.29. The highest BCUT2D eigenvalue weighted by molar-refractivity contribution is 9.10. The summed E-state index contributed by atoms with van der Waals surface area (Å²) >= 11 is 3.42. The fraction of sp³-hybridized carbons (Fsp3) is 0.500. The van der Waals surface area contributed by atoms with Gasteiger partial charge in [-0.15, -0.1) is 0 Å². The SMILES string of the molecule is COCCNCCNCc1ccc(Br)cc1. The Bertz CT molecular complexity index is 277. The first kappa shape index (κ1) is 13.6. The molecule has 0 atom stereocenters. The molecule has 2 N–H and O–H groups in total. The Hall–Kier alpha value is -0.420. The molecule has 0 aliphatic heterocycles. The van der Waals surface area contributed by atoms with Crippen LogP contribution in [0.4, 0.5) is 0 Å². The van der Waals surface area contributed by atoms with Crippen LogP contribution in [0.1, 0.15) is 5.56 Å². The Kier molecular flexibility index (Phi) is 7.42. The molecule has 1 aromatic rings. The van der Waals surface area contributed by atoms with Crippen molar-refractivity contribution in [3.05, 3.63) is 34.3 Å². The van der Waals surface area contributed by atoms with Gasteiger partial charge in [-0.2, -0.15) is 0 Å². The van der Waals surface area contributed by atoms with Crippen molar-refractivity contribution >= 4 is 15.9 Å². The molecule has 0 aliphatic carbocycles. The van der Waals surface area contributed by atoms with Crippen molar-refractivity contribution in [2.75, 3.05) is 33.4 Å². The third kappa shape index (κ3) is 6.23. The smallest absolute Gasteiger partial charge is 0.0587 e. The van der Waals surface area contributed by atoms with Crippen molar-refractivity contribution in [1.82, 2.24) is 10.6 Å². The Morgan fingerprint density at radius 2 is 1.75 bits per heavy atom. The number of hydrogen-bond acceptors (Lipinski definition) is 3. The Morgan fingerprint density at radius 1 is 1.06 bits per heavy atom. The van der Waals surface area contributed by atoms with Crippen LogP contribution in [-0.4, -0.2) is 33.4 Å². The topological polar surface area (TPSA) is 33.3 Å². The molecule has 1 aromatic carbocycles. The molecule has 0 heterocycles. The van der Waals surface area contributed by atoms with Crippen LogP contribution in [0, 0.1) is 0 Å². The zero-order valence-electron chi connectivity index (χ0n) is 9.63. The van der Waals surface area contributed by atoms with Crippen LogP contribution < -0.4 is 10.6 Å². The van der Waals surface area contributed by atoms with Gasteiger partial charge in [0.15, 0.2) is 0 Å². The predicted octanol–water partition coefficient (Wildman–Crippen LogP) is 1.77. The van der Waals surface area contributed by atoms with Gasteiger partial charge in [0.1, 0.15) is 0 Å². The lowest BCUT2D eigenvalue weighted by Gasteiger charge is -2.06. The van der Waals surface area contributed by atoms with Crippen molar-refractivity contribution < 1.29 is 4.74 Å². The van der Waals surface area contributed by atoms with Gasteiger partial charge in [-0.3, -0.25) is 0 Å². The highest BCUT2D eigenvalue weighted by Gasteiger charge is 1.92. The molecular formula is C12H19BrN2O. The fourth-order valence-corrected chi connectivity index (χ4v) is 1.58.